The van der Waals surface area contributed by atoms with Crippen LogP contribution in [0.4, 0.5) is 45.2 Å². The van der Waals surface area contributed by atoms with Gasteiger partial charge in [-0.3, -0.25) is 0 Å². The van der Waals surface area contributed by atoms with Gasteiger partial charge in [0.1, 0.15) is 23.1 Å². The van der Waals surface area contributed by atoms with Gasteiger partial charge < -0.3 is 26.8 Å². The Morgan fingerprint density at radius 3 is 2.47 bits per heavy atom. The average molecular weight is 467 g/mol. The average Bonchev–Trinajstić information content (AvgIpc) is 2.73. The summed E-state index contributed by atoms with van der Waals surface area (Å²) in [5.74, 6) is -0.204. The summed E-state index contributed by atoms with van der Waals surface area (Å²) in [6.45, 7) is 0. The molecule has 168 valence electrons. The van der Waals surface area contributed by atoms with E-state index < -0.39 is 29.3 Å². The number of hydrogen-bond acceptors (Lipinski definition) is 6. The topological polar surface area (TPSA) is 115 Å². The molecule has 0 atom stereocenters. The summed E-state index contributed by atoms with van der Waals surface area (Å²) in [5, 5.41) is 4.57. The maximum atomic E-state index is 13.9. The zero-order chi connectivity index (χ0) is 23.5. The molecule has 6 N–H and O–H groups in total. The Morgan fingerprint density at radius 2 is 1.78 bits per heavy atom. The number of ether oxygens (including phenoxy) is 1. The molecule has 0 saturated carbocycles. The SMILES string of the molecule is CSc1cc(Oc2ccnc(N)c2N)ccc1NC(=O)Nc1cc(C(F)(F)F)ccc1F. The predicted octanol–water partition coefficient (Wildman–Crippen LogP) is 5.56. The van der Waals surface area contributed by atoms with Crippen molar-refractivity contribution in [3.63, 3.8) is 0 Å². The molecule has 0 aliphatic rings. The number of aromatic nitrogens is 1. The first-order valence-electron chi connectivity index (χ1n) is 8.89. The number of rotatable bonds is 5. The standard InChI is InChI=1S/C20H17F4N5O2S/c1-32-16-9-11(31-15-6-7-27-18(26)17(15)25)3-5-13(16)28-19(30)29-14-8-10(20(22,23)24)2-4-12(14)21/h2-9H,25H2,1H3,(H2,26,27)(H2,28,29,30). The molecule has 2 aromatic carbocycles. The van der Waals surface area contributed by atoms with Crippen molar-refractivity contribution < 1.29 is 27.1 Å². The number of nitrogen functional groups attached to an aromatic ring is 2. The molecule has 3 aromatic rings. The molecule has 0 fully saturated rings. The quantitative estimate of drug-likeness (QED) is 0.288. The van der Waals surface area contributed by atoms with Crippen LogP contribution in [0.3, 0.4) is 0 Å². The van der Waals surface area contributed by atoms with Crippen LogP contribution in [-0.4, -0.2) is 17.3 Å². The maximum Gasteiger partial charge on any atom is 0.416 e. The van der Waals surface area contributed by atoms with Crippen molar-refractivity contribution in [2.24, 2.45) is 0 Å². The first-order valence-corrected chi connectivity index (χ1v) is 10.1. The fourth-order valence-electron chi connectivity index (χ4n) is 2.60. The lowest BCUT2D eigenvalue weighted by molar-refractivity contribution is -0.137. The Hall–Kier alpha value is -3.67. The van der Waals surface area contributed by atoms with Crippen molar-refractivity contribution >= 4 is 40.7 Å². The summed E-state index contributed by atoms with van der Waals surface area (Å²) in [6, 6.07) is 7.03. The number of nitrogens with zero attached hydrogens (tertiary/aromatic N) is 1. The van der Waals surface area contributed by atoms with Crippen molar-refractivity contribution in [3.05, 3.63) is 60.0 Å². The zero-order valence-corrected chi connectivity index (χ0v) is 17.3. The van der Waals surface area contributed by atoms with Crippen LogP contribution in [0.25, 0.3) is 0 Å². The van der Waals surface area contributed by atoms with Gasteiger partial charge in [-0.2, -0.15) is 13.2 Å². The van der Waals surface area contributed by atoms with Gasteiger partial charge in [0.2, 0.25) is 0 Å². The lowest BCUT2D eigenvalue weighted by Crippen LogP contribution is -2.21. The van der Waals surface area contributed by atoms with E-state index in [1.807, 2.05) is 0 Å². The highest BCUT2D eigenvalue weighted by Crippen LogP contribution is 2.35. The molecule has 2 amide bonds. The molecule has 0 unspecified atom stereocenters. The lowest BCUT2D eigenvalue weighted by Gasteiger charge is -2.15. The van der Waals surface area contributed by atoms with E-state index in [1.165, 1.54) is 36.2 Å². The fourth-order valence-corrected chi connectivity index (χ4v) is 3.17. The number of nitrogens with one attached hydrogen (secondary N) is 2. The monoisotopic (exact) mass is 467 g/mol. The summed E-state index contributed by atoms with van der Waals surface area (Å²) in [6.07, 6.45) is -1.50. The number of carbonyl (C=O) groups excluding carboxylic acids is 1. The van der Waals surface area contributed by atoms with E-state index in [4.69, 9.17) is 16.2 Å². The second-order valence-corrected chi connectivity index (χ2v) is 7.19. The highest BCUT2D eigenvalue weighted by atomic mass is 32.2. The molecule has 0 saturated heterocycles. The number of halogens is 4. The van der Waals surface area contributed by atoms with Crippen molar-refractivity contribution in [2.75, 3.05) is 28.4 Å². The number of anilines is 4. The van der Waals surface area contributed by atoms with E-state index in [2.05, 4.69) is 15.6 Å². The van der Waals surface area contributed by atoms with Gasteiger partial charge in [-0.15, -0.1) is 11.8 Å². The Morgan fingerprint density at radius 1 is 1.06 bits per heavy atom. The molecule has 12 heteroatoms. The fraction of sp³-hybridized carbons (Fsp3) is 0.100. The third-order valence-electron chi connectivity index (χ3n) is 4.17. The molecular formula is C20H17F4N5O2S. The molecule has 32 heavy (non-hydrogen) atoms. The highest BCUT2D eigenvalue weighted by molar-refractivity contribution is 7.98. The Balaban J connectivity index is 1.76. The molecule has 0 radical (unpaired) electrons. The third kappa shape index (κ3) is 5.32. The molecule has 1 aromatic heterocycles. The van der Waals surface area contributed by atoms with Crippen LogP contribution >= 0.6 is 11.8 Å². The summed E-state index contributed by atoms with van der Waals surface area (Å²) in [7, 11) is 0. The van der Waals surface area contributed by atoms with Gasteiger partial charge in [-0.05, 0) is 42.7 Å². The van der Waals surface area contributed by atoms with Crippen LogP contribution in [0.1, 0.15) is 5.56 Å². The van der Waals surface area contributed by atoms with Crippen molar-refractivity contribution in [3.8, 4) is 11.5 Å². The molecule has 3 rings (SSSR count). The van der Waals surface area contributed by atoms with E-state index >= 15 is 0 Å². The first kappa shape index (κ1) is 23.0. The number of benzene rings is 2. The second-order valence-electron chi connectivity index (χ2n) is 6.34. The first-order chi connectivity index (χ1) is 15.1. The third-order valence-corrected chi connectivity index (χ3v) is 4.95. The van der Waals surface area contributed by atoms with Crippen LogP contribution in [0.2, 0.25) is 0 Å². The Labute approximate surface area is 184 Å². The van der Waals surface area contributed by atoms with Gasteiger partial charge in [0.05, 0.1) is 16.9 Å². The van der Waals surface area contributed by atoms with Gasteiger partial charge >= 0.3 is 12.2 Å². The number of alkyl halides is 3. The van der Waals surface area contributed by atoms with E-state index in [0.717, 1.165) is 0 Å². The van der Waals surface area contributed by atoms with Gasteiger partial charge in [-0.1, -0.05) is 0 Å². The molecule has 0 aliphatic heterocycles. The van der Waals surface area contributed by atoms with E-state index in [-0.39, 0.29) is 11.5 Å². The summed E-state index contributed by atoms with van der Waals surface area (Å²) < 4.78 is 58.1. The molecule has 0 spiro atoms. The summed E-state index contributed by atoms with van der Waals surface area (Å²) >= 11 is 1.27. The molecule has 7 nitrogen and oxygen atoms in total. The van der Waals surface area contributed by atoms with Gasteiger partial charge in [0.25, 0.3) is 0 Å². The maximum absolute atomic E-state index is 13.9. The number of nitrogens with two attached hydrogens (primary N) is 2. The largest absolute Gasteiger partial charge is 0.455 e. The Kier molecular flexibility index (Phi) is 6.63. The minimum atomic E-state index is -4.68. The molecular weight excluding hydrogens is 450 g/mol. The van der Waals surface area contributed by atoms with Crippen LogP contribution in [0.15, 0.2) is 53.6 Å². The van der Waals surface area contributed by atoms with Gasteiger partial charge in [0, 0.05) is 17.2 Å². The molecule has 0 aliphatic carbocycles. The van der Waals surface area contributed by atoms with E-state index in [1.54, 1.807) is 12.3 Å². The molecule has 1 heterocycles. The summed E-state index contributed by atoms with van der Waals surface area (Å²) in [4.78, 5) is 16.7. The lowest BCUT2D eigenvalue weighted by atomic mass is 10.2. The predicted molar refractivity (Wildman–Crippen MR) is 115 cm³/mol. The number of pyridine rings is 1. The van der Waals surface area contributed by atoms with E-state index in [0.29, 0.717) is 40.3 Å². The van der Waals surface area contributed by atoms with Crippen LogP contribution < -0.4 is 26.8 Å². The number of carbonyl (C=O) groups is 1. The van der Waals surface area contributed by atoms with Gasteiger partial charge in [-0.25, -0.2) is 14.2 Å². The number of hydrogen-bond donors (Lipinski definition) is 4. The second kappa shape index (κ2) is 9.22. The minimum absolute atomic E-state index is 0.115. The number of amides is 2. The van der Waals surface area contributed by atoms with E-state index in [9.17, 15) is 22.4 Å². The van der Waals surface area contributed by atoms with Crippen LogP contribution in [0.5, 0.6) is 11.5 Å². The number of thioether (sulfide) groups is 1. The molecule has 0 bridgehead atoms. The zero-order valence-electron chi connectivity index (χ0n) is 16.5. The highest BCUT2D eigenvalue weighted by Gasteiger charge is 2.31. The minimum Gasteiger partial charge on any atom is -0.455 e. The normalized spacial score (nSPS) is 11.2. The smallest absolute Gasteiger partial charge is 0.416 e. The van der Waals surface area contributed by atoms with Crippen molar-refractivity contribution in [1.29, 1.82) is 0 Å². The summed E-state index contributed by atoms with van der Waals surface area (Å²) in [5.41, 5.74) is 10.3. The number of urea groups is 1. The van der Waals surface area contributed by atoms with Crippen molar-refractivity contribution in [2.45, 2.75) is 11.1 Å². The Bertz CT molecular complexity index is 1160. The van der Waals surface area contributed by atoms with Crippen LogP contribution in [0, 0.1) is 5.82 Å². The van der Waals surface area contributed by atoms with Crippen molar-refractivity contribution in [1.82, 2.24) is 4.98 Å². The van der Waals surface area contributed by atoms with Crippen LogP contribution in [-0.2, 0) is 6.18 Å². The van der Waals surface area contributed by atoms with Gasteiger partial charge in [0.15, 0.2) is 5.75 Å².